The minimum Gasteiger partial charge on any atom is -0.459 e. The van der Waals surface area contributed by atoms with Crippen molar-refractivity contribution in [3.05, 3.63) is 53.8 Å². The van der Waals surface area contributed by atoms with Gasteiger partial charge in [0.2, 0.25) is 0 Å². The lowest BCUT2D eigenvalue weighted by Crippen LogP contribution is -2.34. The normalized spacial score (nSPS) is 20.8. The van der Waals surface area contributed by atoms with Crippen molar-refractivity contribution >= 4 is 28.4 Å². The number of amides is 2. The maximum atomic E-state index is 12.5. The Morgan fingerprint density at radius 3 is 2.79 bits per heavy atom. The van der Waals surface area contributed by atoms with Crippen molar-refractivity contribution in [2.45, 2.75) is 25.8 Å². The van der Waals surface area contributed by atoms with Gasteiger partial charge in [0.05, 0.1) is 11.7 Å². The molecule has 0 radical (unpaired) electrons. The summed E-state index contributed by atoms with van der Waals surface area (Å²) < 4.78 is 17.2. The number of aryl methyl sites for hydroxylation is 1. The predicted octanol–water partition coefficient (Wildman–Crippen LogP) is 4.14. The number of epoxide rings is 1. The van der Waals surface area contributed by atoms with Crippen LogP contribution in [0, 0.1) is 6.92 Å². The van der Waals surface area contributed by atoms with Crippen LogP contribution in [0.15, 0.2) is 46.9 Å². The molecule has 5 rings (SSSR count). The third kappa shape index (κ3) is 2.58. The van der Waals surface area contributed by atoms with Crippen molar-refractivity contribution < 1.29 is 18.7 Å². The number of carbonyl (C=O) groups is 1. The van der Waals surface area contributed by atoms with E-state index in [9.17, 15) is 4.79 Å². The van der Waals surface area contributed by atoms with Crippen molar-refractivity contribution in [3.63, 3.8) is 0 Å². The van der Waals surface area contributed by atoms with Gasteiger partial charge in [0.25, 0.3) is 0 Å². The number of ether oxygens (including phenoxy) is 2. The number of fused-ring (bicyclic) bond motifs is 2. The van der Waals surface area contributed by atoms with E-state index >= 15 is 0 Å². The van der Waals surface area contributed by atoms with Gasteiger partial charge in [0.15, 0.2) is 5.75 Å². The molecule has 28 heavy (non-hydrogen) atoms. The van der Waals surface area contributed by atoms with Gasteiger partial charge < -0.3 is 29.4 Å². The van der Waals surface area contributed by atoms with Crippen LogP contribution < -0.4 is 20.3 Å². The monoisotopic (exact) mass is 379 g/mol. The highest BCUT2D eigenvalue weighted by atomic mass is 16.8. The highest BCUT2D eigenvalue weighted by molar-refractivity contribution is 5.90. The third-order valence-corrected chi connectivity index (χ3v) is 5.37. The Morgan fingerprint density at radius 1 is 1.25 bits per heavy atom. The Morgan fingerprint density at radius 2 is 2.04 bits per heavy atom. The topological polar surface area (TPSA) is 79.3 Å². The summed E-state index contributed by atoms with van der Waals surface area (Å²) >= 11 is 0. The zero-order chi connectivity index (χ0) is 19.5. The molecule has 2 N–H and O–H groups in total. The molecule has 1 unspecified atom stereocenters. The first-order valence-electron chi connectivity index (χ1n) is 9.23. The number of likely N-dealkylation sites (N-methyl/N-ethyl adjacent to an activating group) is 1. The summed E-state index contributed by atoms with van der Waals surface area (Å²) in [6, 6.07) is 12.8. The van der Waals surface area contributed by atoms with Gasteiger partial charge in [-0.1, -0.05) is 18.2 Å². The fraction of sp³-hybridized carbons (Fsp3) is 0.286. The molecule has 144 valence electrons. The van der Waals surface area contributed by atoms with E-state index in [4.69, 9.17) is 13.9 Å². The van der Waals surface area contributed by atoms with Gasteiger partial charge in [0, 0.05) is 29.8 Å². The zero-order valence-electron chi connectivity index (χ0n) is 15.9. The number of carbonyl (C=O) groups excluding carboxylic acids is 1. The molecule has 1 spiro atoms. The minimum absolute atomic E-state index is 0.271. The Balaban J connectivity index is 1.29. The Hall–Kier alpha value is -3.19. The smallest absolute Gasteiger partial charge is 0.319 e. The number of urea groups is 1. The molecule has 2 aromatic carbocycles. The van der Waals surface area contributed by atoms with E-state index in [2.05, 4.69) is 10.6 Å². The molecule has 2 amide bonds. The summed E-state index contributed by atoms with van der Waals surface area (Å²) in [6.07, 6.45) is 0. The minimum atomic E-state index is -0.656. The van der Waals surface area contributed by atoms with Crippen LogP contribution >= 0.6 is 0 Å². The molecule has 3 heterocycles. The van der Waals surface area contributed by atoms with E-state index in [1.165, 1.54) is 0 Å². The van der Waals surface area contributed by atoms with Crippen molar-refractivity contribution in [2.75, 3.05) is 23.9 Å². The first kappa shape index (κ1) is 16.9. The number of hydrogen-bond donors (Lipinski definition) is 2. The zero-order valence-corrected chi connectivity index (χ0v) is 15.9. The maximum absolute atomic E-state index is 12.5. The average Bonchev–Trinajstić information content (AvgIpc) is 3.30. The molecule has 0 aliphatic carbocycles. The molecule has 7 heteroatoms. The number of hydrogen-bond acceptors (Lipinski definition) is 5. The summed E-state index contributed by atoms with van der Waals surface area (Å²) in [6.45, 7) is 4.44. The number of furan rings is 1. The van der Waals surface area contributed by atoms with E-state index in [-0.39, 0.29) is 12.1 Å². The van der Waals surface area contributed by atoms with E-state index in [0.717, 1.165) is 28.0 Å². The molecule has 0 saturated carbocycles. The van der Waals surface area contributed by atoms with Crippen LogP contribution in [0.2, 0.25) is 0 Å². The van der Waals surface area contributed by atoms with Gasteiger partial charge in [-0.2, -0.15) is 0 Å². The van der Waals surface area contributed by atoms with Crippen LogP contribution in [-0.4, -0.2) is 25.6 Å². The average molecular weight is 379 g/mol. The SMILES string of the molecule is Cc1c([C@@H](C)NC(=O)Nc2ccc3c(c2)OC2(CO2)N3C)oc2ccccc12. The summed E-state index contributed by atoms with van der Waals surface area (Å²) in [5.41, 5.74) is 3.44. The second-order valence-electron chi connectivity index (χ2n) is 7.25. The fourth-order valence-corrected chi connectivity index (χ4v) is 3.72. The highest BCUT2D eigenvalue weighted by Gasteiger charge is 2.57. The second kappa shape index (κ2) is 5.90. The summed E-state index contributed by atoms with van der Waals surface area (Å²) in [5.74, 6) is 0.790. The molecular weight excluding hydrogens is 358 g/mol. The number of nitrogens with one attached hydrogen (secondary N) is 2. The van der Waals surface area contributed by atoms with E-state index in [0.29, 0.717) is 18.0 Å². The molecule has 3 aromatic rings. The van der Waals surface area contributed by atoms with Crippen molar-refractivity contribution in [3.8, 4) is 5.75 Å². The molecule has 1 fully saturated rings. The Bertz CT molecular complexity index is 1090. The molecule has 2 atom stereocenters. The highest BCUT2D eigenvalue weighted by Crippen LogP contribution is 2.48. The van der Waals surface area contributed by atoms with Crippen LogP contribution in [0.3, 0.4) is 0 Å². The summed E-state index contributed by atoms with van der Waals surface area (Å²) in [4.78, 5) is 14.4. The van der Waals surface area contributed by atoms with Gasteiger partial charge in [-0.3, -0.25) is 0 Å². The molecule has 2 aliphatic rings. The molecule has 1 aromatic heterocycles. The van der Waals surface area contributed by atoms with Crippen molar-refractivity contribution in [2.24, 2.45) is 0 Å². The molecule has 2 aliphatic heterocycles. The van der Waals surface area contributed by atoms with Crippen LogP contribution in [0.4, 0.5) is 16.2 Å². The summed E-state index contributed by atoms with van der Waals surface area (Å²) in [7, 11) is 1.93. The fourth-order valence-electron chi connectivity index (χ4n) is 3.72. The van der Waals surface area contributed by atoms with Crippen LogP contribution in [0.1, 0.15) is 24.3 Å². The number of para-hydroxylation sites is 1. The van der Waals surface area contributed by atoms with Gasteiger partial charge >= 0.3 is 11.9 Å². The van der Waals surface area contributed by atoms with Gasteiger partial charge in [0.1, 0.15) is 18.0 Å². The standard InChI is InChI=1S/C21H21N3O4/c1-12-15-6-4-5-7-17(15)27-19(12)13(2)22-20(25)23-14-8-9-16-18(10-14)28-21(11-26-21)24(16)3/h4-10,13H,11H2,1-3H3,(H2,22,23,25)/t13-,21?/m1/s1. The molecule has 1 saturated heterocycles. The van der Waals surface area contributed by atoms with Gasteiger partial charge in [-0.25, -0.2) is 4.79 Å². The lowest BCUT2D eigenvalue weighted by molar-refractivity contribution is 0.0832. The van der Waals surface area contributed by atoms with Gasteiger partial charge in [-0.05, 0) is 32.0 Å². The first-order chi connectivity index (χ1) is 13.5. The Kier molecular flexibility index (Phi) is 3.57. The van der Waals surface area contributed by atoms with E-state index in [1.807, 2.05) is 62.2 Å². The lowest BCUT2D eigenvalue weighted by Gasteiger charge is -2.15. The first-order valence-corrected chi connectivity index (χ1v) is 9.23. The van der Waals surface area contributed by atoms with Crippen LogP contribution in [-0.2, 0) is 4.74 Å². The third-order valence-electron chi connectivity index (χ3n) is 5.37. The molecule has 0 bridgehead atoms. The number of anilines is 2. The van der Waals surface area contributed by atoms with Crippen molar-refractivity contribution in [1.82, 2.24) is 5.32 Å². The predicted molar refractivity (Wildman–Crippen MR) is 106 cm³/mol. The second-order valence-corrected chi connectivity index (χ2v) is 7.25. The van der Waals surface area contributed by atoms with E-state index < -0.39 is 5.91 Å². The van der Waals surface area contributed by atoms with Crippen LogP contribution in [0.5, 0.6) is 5.75 Å². The van der Waals surface area contributed by atoms with Gasteiger partial charge in [-0.15, -0.1) is 0 Å². The molecule has 7 nitrogen and oxygen atoms in total. The number of nitrogens with zero attached hydrogens (tertiary/aromatic N) is 1. The Labute approximate surface area is 162 Å². The van der Waals surface area contributed by atoms with E-state index in [1.54, 1.807) is 6.07 Å². The lowest BCUT2D eigenvalue weighted by atomic mass is 10.1. The maximum Gasteiger partial charge on any atom is 0.319 e. The largest absolute Gasteiger partial charge is 0.459 e. The quantitative estimate of drug-likeness (QED) is 0.669. The number of rotatable bonds is 3. The number of benzene rings is 2. The molecular formula is C21H21N3O4. The summed E-state index contributed by atoms with van der Waals surface area (Å²) in [5, 5.41) is 6.85. The van der Waals surface area contributed by atoms with Crippen LogP contribution in [0.25, 0.3) is 11.0 Å². The van der Waals surface area contributed by atoms with Crippen molar-refractivity contribution in [1.29, 1.82) is 0 Å².